The minimum Gasteiger partial charge on any atom is -0.460 e. The van der Waals surface area contributed by atoms with Gasteiger partial charge in [0.2, 0.25) is 5.78 Å². The Morgan fingerprint density at radius 1 is 1.26 bits per heavy atom. The molecule has 4 nitrogen and oxygen atoms in total. The molecular weight excluding hydrogens is 244 g/mol. The van der Waals surface area contributed by atoms with Crippen molar-refractivity contribution in [1.82, 2.24) is 0 Å². The average Bonchev–Trinajstić information content (AvgIpc) is 2.89. The third kappa shape index (κ3) is 1.44. The van der Waals surface area contributed by atoms with Crippen LogP contribution < -0.4 is 0 Å². The molecule has 1 atom stereocenters. The van der Waals surface area contributed by atoms with Crippen molar-refractivity contribution in [3.05, 3.63) is 58.5 Å². The monoisotopic (exact) mass is 258 g/mol. The summed E-state index contributed by atoms with van der Waals surface area (Å²) >= 11 is 0. The molecule has 0 amide bonds. The van der Waals surface area contributed by atoms with Gasteiger partial charge in [0, 0.05) is 22.1 Å². The minimum atomic E-state index is -0.731. The molecule has 19 heavy (non-hydrogen) atoms. The van der Waals surface area contributed by atoms with Crippen LogP contribution in [0.5, 0.6) is 0 Å². The highest BCUT2D eigenvalue weighted by atomic mass is 16.3. The van der Waals surface area contributed by atoms with E-state index in [2.05, 4.69) is 0 Å². The quantitative estimate of drug-likeness (QED) is 0.858. The number of fused-ring (bicyclic) bond motifs is 2. The fourth-order valence-electron chi connectivity index (χ4n) is 2.87. The Labute approximate surface area is 110 Å². The number of hydrogen-bond acceptors (Lipinski definition) is 4. The van der Waals surface area contributed by atoms with E-state index in [1.165, 1.54) is 6.26 Å². The van der Waals surface area contributed by atoms with Crippen LogP contribution in [0.1, 0.15) is 39.7 Å². The topological polar surface area (TPSA) is 70.7 Å². The second-order valence-electron chi connectivity index (χ2n) is 4.99. The zero-order valence-corrected chi connectivity index (χ0v) is 10.5. The van der Waals surface area contributed by atoms with Crippen LogP contribution in [0, 0.1) is 0 Å². The minimum absolute atomic E-state index is 0.156. The summed E-state index contributed by atoms with van der Waals surface area (Å²) in [4.78, 5) is 12.4. The molecule has 0 saturated heterocycles. The molecule has 0 aliphatic heterocycles. The maximum Gasteiger partial charge on any atom is 0.228 e. The third-order valence-electron chi connectivity index (χ3n) is 3.88. The van der Waals surface area contributed by atoms with E-state index in [4.69, 9.17) is 4.42 Å². The normalized spacial score (nSPS) is 21.1. The Balaban J connectivity index is 2.36. The standard InChI is InChI=1S/C15H14O4/c1-15(8-17)11-5-3-2-4-10(11)13(18)14-12(15)9(6-16)7-19-14/h2-5,7,16-17H,6,8H2,1H3. The third-order valence-corrected chi connectivity index (χ3v) is 3.88. The van der Waals surface area contributed by atoms with Crippen LogP contribution >= 0.6 is 0 Å². The summed E-state index contributed by atoms with van der Waals surface area (Å²) < 4.78 is 5.32. The molecule has 3 rings (SSSR count). The first-order valence-corrected chi connectivity index (χ1v) is 6.10. The Bertz CT molecular complexity index is 656. The SMILES string of the molecule is CC1(CO)c2ccccc2C(=O)c2occ(CO)c21. The maximum atomic E-state index is 12.4. The second kappa shape index (κ2) is 4.05. The van der Waals surface area contributed by atoms with Crippen LogP contribution in [-0.4, -0.2) is 22.6 Å². The van der Waals surface area contributed by atoms with Gasteiger partial charge in [0.05, 0.1) is 19.5 Å². The molecule has 0 spiro atoms. The van der Waals surface area contributed by atoms with Gasteiger partial charge in [0.15, 0.2) is 5.76 Å². The summed E-state index contributed by atoms with van der Waals surface area (Å²) in [5.41, 5.74) is 1.73. The van der Waals surface area contributed by atoms with E-state index < -0.39 is 5.41 Å². The molecule has 1 aliphatic rings. The van der Waals surface area contributed by atoms with Gasteiger partial charge in [-0.3, -0.25) is 4.79 Å². The van der Waals surface area contributed by atoms with E-state index >= 15 is 0 Å². The molecule has 2 N–H and O–H groups in total. The van der Waals surface area contributed by atoms with Gasteiger partial charge in [0.25, 0.3) is 0 Å². The lowest BCUT2D eigenvalue weighted by atomic mass is 9.69. The number of carbonyl (C=O) groups is 1. The van der Waals surface area contributed by atoms with Gasteiger partial charge >= 0.3 is 0 Å². The van der Waals surface area contributed by atoms with Crippen LogP contribution in [0.4, 0.5) is 0 Å². The second-order valence-corrected chi connectivity index (χ2v) is 4.99. The van der Waals surface area contributed by atoms with Crippen molar-refractivity contribution in [2.75, 3.05) is 6.61 Å². The largest absolute Gasteiger partial charge is 0.460 e. The van der Waals surface area contributed by atoms with E-state index in [-0.39, 0.29) is 24.8 Å². The Hall–Kier alpha value is -1.91. The van der Waals surface area contributed by atoms with Crippen molar-refractivity contribution in [3.63, 3.8) is 0 Å². The first kappa shape index (κ1) is 12.1. The zero-order valence-electron chi connectivity index (χ0n) is 10.5. The summed E-state index contributed by atoms with van der Waals surface area (Å²) in [6.07, 6.45) is 1.39. The smallest absolute Gasteiger partial charge is 0.228 e. The molecule has 1 aromatic heterocycles. The molecular formula is C15H14O4. The number of aliphatic hydroxyl groups excluding tert-OH is 2. The van der Waals surface area contributed by atoms with Crippen molar-refractivity contribution in [3.8, 4) is 0 Å². The molecule has 0 fully saturated rings. The van der Waals surface area contributed by atoms with E-state index in [0.717, 1.165) is 5.56 Å². The molecule has 0 radical (unpaired) electrons. The number of aliphatic hydroxyl groups is 2. The van der Waals surface area contributed by atoms with E-state index in [1.807, 2.05) is 19.1 Å². The average molecular weight is 258 g/mol. The van der Waals surface area contributed by atoms with Gasteiger partial charge in [0.1, 0.15) is 0 Å². The molecule has 0 saturated carbocycles. The lowest BCUT2D eigenvalue weighted by Gasteiger charge is -2.33. The fraction of sp³-hybridized carbons (Fsp3) is 0.267. The maximum absolute atomic E-state index is 12.4. The molecule has 1 aliphatic carbocycles. The molecule has 1 heterocycles. The Kier molecular flexibility index (Phi) is 2.59. The molecule has 0 bridgehead atoms. The van der Waals surface area contributed by atoms with E-state index in [0.29, 0.717) is 16.7 Å². The molecule has 1 unspecified atom stereocenters. The van der Waals surface area contributed by atoms with Crippen LogP contribution in [0.25, 0.3) is 0 Å². The summed E-state index contributed by atoms with van der Waals surface area (Å²) in [5, 5.41) is 19.2. The number of rotatable bonds is 2. The predicted molar refractivity (Wildman–Crippen MR) is 68.0 cm³/mol. The zero-order chi connectivity index (χ0) is 13.6. The summed E-state index contributed by atoms with van der Waals surface area (Å²) in [6, 6.07) is 7.19. The highest BCUT2D eigenvalue weighted by Crippen LogP contribution is 2.43. The molecule has 1 aromatic carbocycles. The predicted octanol–water partition coefficient (Wildman–Crippen LogP) is 1.61. The van der Waals surface area contributed by atoms with Gasteiger partial charge in [-0.15, -0.1) is 0 Å². The molecule has 98 valence electrons. The van der Waals surface area contributed by atoms with Crippen LogP contribution in [0.15, 0.2) is 34.9 Å². The van der Waals surface area contributed by atoms with Crippen LogP contribution in [0.3, 0.4) is 0 Å². The summed E-state index contributed by atoms with van der Waals surface area (Å²) in [6.45, 7) is 1.48. The van der Waals surface area contributed by atoms with Gasteiger partial charge in [-0.2, -0.15) is 0 Å². The van der Waals surface area contributed by atoms with Crippen molar-refractivity contribution >= 4 is 5.78 Å². The van der Waals surface area contributed by atoms with Crippen molar-refractivity contribution in [2.24, 2.45) is 0 Å². The van der Waals surface area contributed by atoms with Crippen molar-refractivity contribution in [1.29, 1.82) is 0 Å². The molecule has 4 heteroatoms. The number of benzene rings is 1. The Morgan fingerprint density at radius 2 is 2.00 bits per heavy atom. The highest BCUT2D eigenvalue weighted by Gasteiger charge is 2.43. The summed E-state index contributed by atoms with van der Waals surface area (Å²) in [5.74, 6) is 0.0236. The van der Waals surface area contributed by atoms with Gasteiger partial charge < -0.3 is 14.6 Å². The molecule has 2 aromatic rings. The van der Waals surface area contributed by atoms with E-state index in [9.17, 15) is 15.0 Å². The lowest BCUT2D eigenvalue weighted by molar-refractivity contribution is 0.0994. The fourth-order valence-corrected chi connectivity index (χ4v) is 2.87. The number of furan rings is 1. The first-order chi connectivity index (χ1) is 9.13. The van der Waals surface area contributed by atoms with Gasteiger partial charge in [-0.25, -0.2) is 0 Å². The van der Waals surface area contributed by atoms with Gasteiger partial charge in [-0.05, 0) is 12.5 Å². The van der Waals surface area contributed by atoms with E-state index in [1.54, 1.807) is 12.1 Å². The number of ketones is 1. The van der Waals surface area contributed by atoms with Crippen LogP contribution in [0.2, 0.25) is 0 Å². The van der Waals surface area contributed by atoms with Crippen molar-refractivity contribution in [2.45, 2.75) is 18.9 Å². The number of carbonyl (C=O) groups excluding carboxylic acids is 1. The Morgan fingerprint density at radius 3 is 2.68 bits per heavy atom. The van der Waals surface area contributed by atoms with Gasteiger partial charge in [-0.1, -0.05) is 24.3 Å². The first-order valence-electron chi connectivity index (χ1n) is 6.10. The number of hydrogen-bond donors (Lipinski definition) is 2. The lowest BCUT2D eigenvalue weighted by Crippen LogP contribution is -2.36. The summed E-state index contributed by atoms with van der Waals surface area (Å²) in [7, 11) is 0. The highest BCUT2D eigenvalue weighted by molar-refractivity contribution is 6.11. The van der Waals surface area contributed by atoms with Crippen molar-refractivity contribution < 1.29 is 19.4 Å². The van der Waals surface area contributed by atoms with Crippen LogP contribution in [-0.2, 0) is 12.0 Å².